The molecule has 2 rings (SSSR count). The lowest BCUT2D eigenvalue weighted by molar-refractivity contribution is 0.416. The number of rotatable bonds is 2. The van der Waals surface area contributed by atoms with E-state index in [0.29, 0.717) is 26.6 Å². The first-order valence-corrected chi connectivity index (χ1v) is 5.90. The quantitative estimate of drug-likeness (QED) is 0.746. The lowest BCUT2D eigenvalue weighted by atomic mass is 10.1. The van der Waals surface area contributed by atoms with Gasteiger partial charge in [0.15, 0.2) is 0 Å². The van der Waals surface area contributed by atoms with Crippen molar-refractivity contribution in [3.63, 3.8) is 0 Å². The summed E-state index contributed by atoms with van der Waals surface area (Å²) in [5, 5.41) is 1.44. The van der Waals surface area contributed by atoms with Crippen molar-refractivity contribution in [2.24, 2.45) is 0 Å². The van der Waals surface area contributed by atoms with Crippen molar-refractivity contribution in [2.75, 3.05) is 7.11 Å². The molecule has 2 aromatic rings. The fourth-order valence-corrected chi connectivity index (χ4v) is 2.13. The highest BCUT2D eigenvalue weighted by Gasteiger charge is 2.09. The van der Waals surface area contributed by atoms with E-state index in [1.807, 2.05) is 0 Å². The third kappa shape index (κ3) is 2.83. The summed E-state index contributed by atoms with van der Waals surface area (Å²) in [5.41, 5.74) is 1.38. The Bertz CT molecular complexity index is 537. The minimum Gasteiger partial charge on any atom is -0.496 e. The molecule has 0 atom stereocenters. The molecule has 1 aromatic carbocycles. The molecular weight excluding hydrogens is 280 g/mol. The minimum absolute atomic E-state index is 0.328. The monoisotopic (exact) mass is 287 g/mol. The number of nitrogens with zero attached hydrogens (tertiary/aromatic N) is 1. The van der Waals surface area contributed by atoms with Gasteiger partial charge in [-0.2, -0.15) is 0 Å². The first kappa shape index (κ1) is 12.5. The Kier molecular flexibility index (Phi) is 3.77. The van der Waals surface area contributed by atoms with E-state index in [4.69, 9.17) is 39.5 Å². The van der Waals surface area contributed by atoms with Crippen LogP contribution in [0.4, 0.5) is 0 Å². The van der Waals surface area contributed by atoms with Crippen LogP contribution in [0.5, 0.6) is 5.75 Å². The van der Waals surface area contributed by atoms with Crippen molar-refractivity contribution in [1.29, 1.82) is 0 Å². The smallest absolute Gasteiger partial charge is 0.131 e. The fourth-order valence-electron chi connectivity index (χ4n) is 1.48. The molecule has 0 N–H and O–H groups in total. The number of aromatic nitrogens is 1. The molecule has 0 bridgehead atoms. The second-order valence-corrected chi connectivity index (χ2v) is 4.60. The Hall–Kier alpha value is -0.960. The summed E-state index contributed by atoms with van der Waals surface area (Å²) in [5.74, 6) is 0.667. The van der Waals surface area contributed by atoms with Crippen LogP contribution >= 0.6 is 34.8 Å². The summed E-state index contributed by atoms with van der Waals surface area (Å²) in [4.78, 5) is 4.20. The molecule has 0 amide bonds. The van der Waals surface area contributed by atoms with Crippen molar-refractivity contribution in [3.8, 4) is 17.0 Å². The highest BCUT2D eigenvalue weighted by atomic mass is 35.5. The molecule has 0 aliphatic rings. The zero-order valence-electron chi connectivity index (χ0n) is 8.88. The Morgan fingerprint density at radius 3 is 2.41 bits per heavy atom. The van der Waals surface area contributed by atoms with Gasteiger partial charge in [-0.25, -0.2) is 4.98 Å². The first-order chi connectivity index (χ1) is 8.10. The summed E-state index contributed by atoms with van der Waals surface area (Å²) in [6, 6.07) is 8.56. The van der Waals surface area contributed by atoms with Gasteiger partial charge in [0.1, 0.15) is 10.9 Å². The van der Waals surface area contributed by atoms with E-state index in [9.17, 15) is 0 Å². The standard InChI is InChI=1S/C12H8Cl3NO/c1-17-11-3-2-7(13)4-9(11)10-5-8(14)6-12(15)16-10/h2-6H,1H3. The molecule has 0 saturated carbocycles. The molecular formula is C12H8Cl3NO. The van der Waals surface area contributed by atoms with Crippen LogP contribution in [0, 0.1) is 0 Å². The largest absolute Gasteiger partial charge is 0.496 e. The van der Waals surface area contributed by atoms with E-state index >= 15 is 0 Å². The first-order valence-electron chi connectivity index (χ1n) is 4.77. The van der Waals surface area contributed by atoms with Gasteiger partial charge in [-0.05, 0) is 30.3 Å². The SMILES string of the molecule is COc1ccc(Cl)cc1-c1cc(Cl)cc(Cl)n1. The Labute approximate surface area is 114 Å². The molecule has 88 valence electrons. The van der Waals surface area contributed by atoms with E-state index in [1.165, 1.54) is 0 Å². The van der Waals surface area contributed by atoms with Gasteiger partial charge in [0.05, 0.1) is 12.8 Å². The van der Waals surface area contributed by atoms with Crippen LogP contribution in [0.25, 0.3) is 11.3 Å². The molecule has 0 aliphatic heterocycles. The molecule has 0 saturated heterocycles. The van der Waals surface area contributed by atoms with E-state index in [0.717, 1.165) is 5.56 Å². The number of hydrogen-bond donors (Lipinski definition) is 0. The van der Waals surface area contributed by atoms with Crippen molar-refractivity contribution in [1.82, 2.24) is 4.98 Å². The normalized spacial score (nSPS) is 10.4. The minimum atomic E-state index is 0.328. The molecule has 0 radical (unpaired) electrons. The van der Waals surface area contributed by atoms with Gasteiger partial charge in [0.2, 0.25) is 0 Å². The summed E-state index contributed by atoms with van der Waals surface area (Å²) in [6.45, 7) is 0. The number of methoxy groups -OCH3 is 1. The van der Waals surface area contributed by atoms with Crippen LogP contribution in [0.3, 0.4) is 0 Å². The zero-order chi connectivity index (χ0) is 12.4. The summed E-state index contributed by atoms with van der Waals surface area (Å²) >= 11 is 17.8. The maximum Gasteiger partial charge on any atom is 0.131 e. The van der Waals surface area contributed by atoms with Crippen molar-refractivity contribution in [3.05, 3.63) is 45.5 Å². The lowest BCUT2D eigenvalue weighted by Gasteiger charge is -2.09. The van der Waals surface area contributed by atoms with Crippen LogP contribution < -0.4 is 4.74 Å². The Morgan fingerprint density at radius 2 is 1.76 bits per heavy atom. The molecule has 0 aliphatic carbocycles. The van der Waals surface area contributed by atoms with Crippen molar-refractivity contribution in [2.45, 2.75) is 0 Å². The summed E-state index contributed by atoms with van der Waals surface area (Å²) in [6.07, 6.45) is 0. The number of ether oxygens (including phenoxy) is 1. The maximum atomic E-state index is 5.95. The van der Waals surface area contributed by atoms with Crippen LogP contribution in [-0.2, 0) is 0 Å². The van der Waals surface area contributed by atoms with Crippen molar-refractivity contribution >= 4 is 34.8 Å². The van der Waals surface area contributed by atoms with Gasteiger partial charge >= 0.3 is 0 Å². The van der Waals surface area contributed by atoms with E-state index < -0.39 is 0 Å². The number of benzene rings is 1. The van der Waals surface area contributed by atoms with Crippen LogP contribution in [0.2, 0.25) is 15.2 Å². The summed E-state index contributed by atoms with van der Waals surface area (Å²) in [7, 11) is 1.58. The predicted molar refractivity (Wildman–Crippen MR) is 71.3 cm³/mol. The van der Waals surface area contributed by atoms with E-state index in [-0.39, 0.29) is 0 Å². The average Bonchev–Trinajstić information content (AvgIpc) is 2.27. The predicted octanol–water partition coefficient (Wildman–Crippen LogP) is 4.72. The van der Waals surface area contributed by atoms with Crippen LogP contribution in [0.1, 0.15) is 0 Å². The van der Waals surface area contributed by atoms with Gasteiger partial charge < -0.3 is 4.74 Å². The van der Waals surface area contributed by atoms with Crippen molar-refractivity contribution < 1.29 is 4.74 Å². The number of pyridine rings is 1. The van der Waals surface area contributed by atoms with E-state index in [2.05, 4.69) is 4.98 Å². The molecule has 0 spiro atoms. The Morgan fingerprint density at radius 1 is 1.00 bits per heavy atom. The molecule has 0 fully saturated rings. The zero-order valence-corrected chi connectivity index (χ0v) is 11.1. The maximum absolute atomic E-state index is 5.95. The van der Waals surface area contributed by atoms with Gasteiger partial charge in [-0.1, -0.05) is 34.8 Å². The third-order valence-corrected chi connectivity index (χ3v) is 2.84. The molecule has 0 unspecified atom stereocenters. The molecule has 1 aromatic heterocycles. The molecule has 2 nitrogen and oxygen atoms in total. The topological polar surface area (TPSA) is 22.1 Å². The number of hydrogen-bond acceptors (Lipinski definition) is 2. The van der Waals surface area contributed by atoms with Gasteiger partial charge in [0.25, 0.3) is 0 Å². The third-order valence-electron chi connectivity index (χ3n) is 2.20. The second kappa shape index (κ2) is 5.13. The Balaban J connectivity index is 2.62. The summed E-state index contributed by atoms with van der Waals surface area (Å²) < 4.78 is 5.25. The fraction of sp³-hybridized carbons (Fsp3) is 0.0833. The van der Waals surface area contributed by atoms with Gasteiger partial charge in [0, 0.05) is 15.6 Å². The highest BCUT2D eigenvalue weighted by molar-refractivity contribution is 6.34. The van der Waals surface area contributed by atoms with E-state index in [1.54, 1.807) is 37.4 Å². The molecule has 1 heterocycles. The highest BCUT2D eigenvalue weighted by Crippen LogP contribution is 2.33. The molecule has 17 heavy (non-hydrogen) atoms. The lowest BCUT2D eigenvalue weighted by Crippen LogP contribution is -1.90. The second-order valence-electron chi connectivity index (χ2n) is 3.34. The number of halogens is 3. The average molecular weight is 289 g/mol. The van der Waals surface area contributed by atoms with Crippen LogP contribution in [0.15, 0.2) is 30.3 Å². The van der Waals surface area contributed by atoms with Crippen LogP contribution in [-0.4, -0.2) is 12.1 Å². The molecule has 5 heteroatoms. The van der Waals surface area contributed by atoms with Gasteiger partial charge in [-0.3, -0.25) is 0 Å². The van der Waals surface area contributed by atoms with Gasteiger partial charge in [-0.15, -0.1) is 0 Å².